The van der Waals surface area contributed by atoms with E-state index in [2.05, 4.69) is 39.0 Å². The Hall–Kier alpha value is -0.540. The summed E-state index contributed by atoms with van der Waals surface area (Å²) in [5.41, 5.74) is 8.66. The second-order valence-electron chi connectivity index (χ2n) is 5.14. The lowest BCUT2D eigenvalue weighted by Gasteiger charge is -2.26. The third kappa shape index (κ3) is 1.89. The van der Waals surface area contributed by atoms with E-state index in [1.54, 1.807) is 5.56 Å². The molecule has 1 aliphatic heterocycles. The van der Waals surface area contributed by atoms with Gasteiger partial charge in [0.1, 0.15) is 0 Å². The van der Waals surface area contributed by atoms with Gasteiger partial charge in [0.25, 0.3) is 0 Å². The molecule has 1 aromatic carbocycles. The molecule has 2 N–H and O–H groups in total. The second kappa shape index (κ2) is 4.62. The van der Waals surface area contributed by atoms with Crippen LogP contribution in [-0.4, -0.2) is 19.1 Å². The average Bonchev–Trinajstić information content (AvgIpc) is 2.88. The molecule has 0 radical (unpaired) electrons. The van der Waals surface area contributed by atoms with Gasteiger partial charge in [-0.25, -0.2) is 0 Å². The number of hydrogen-bond donors (Lipinski definition) is 1. The third-order valence-corrected chi connectivity index (χ3v) is 4.67. The minimum absolute atomic E-state index is 0.742. The standard InChI is InChI=1S/C14H19BrN2/c15-10-5-6-14-12(9-10)11-3-1-4-13(11)17(14)8-2-7-16/h5-6,9,11,13H,1-4,7-8,16H2. The molecule has 1 aromatic rings. The van der Waals surface area contributed by atoms with Gasteiger partial charge >= 0.3 is 0 Å². The molecule has 1 aliphatic carbocycles. The summed E-state index contributed by atoms with van der Waals surface area (Å²) in [6.45, 7) is 1.91. The molecule has 3 rings (SSSR count). The first-order chi connectivity index (χ1) is 8.31. The lowest BCUT2D eigenvalue weighted by Crippen LogP contribution is -2.33. The highest BCUT2D eigenvalue weighted by molar-refractivity contribution is 9.10. The van der Waals surface area contributed by atoms with Crippen LogP contribution in [-0.2, 0) is 0 Å². The molecule has 1 fully saturated rings. The Kier molecular flexibility index (Phi) is 3.14. The highest BCUT2D eigenvalue weighted by Gasteiger charge is 2.40. The first-order valence-electron chi connectivity index (χ1n) is 6.57. The molecule has 2 unspecified atom stereocenters. The van der Waals surface area contributed by atoms with E-state index in [1.807, 2.05) is 0 Å². The van der Waals surface area contributed by atoms with Gasteiger partial charge in [-0.15, -0.1) is 0 Å². The fourth-order valence-corrected chi connectivity index (χ4v) is 3.87. The largest absolute Gasteiger partial charge is 0.368 e. The van der Waals surface area contributed by atoms with E-state index >= 15 is 0 Å². The summed E-state index contributed by atoms with van der Waals surface area (Å²) < 4.78 is 1.21. The molecule has 0 spiro atoms. The maximum Gasteiger partial charge on any atom is 0.0405 e. The smallest absolute Gasteiger partial charge is 0.0405 e. The van der Waals surface area contributed by atoms with Crippen molar-refractivity contribution in [2.24, 2.45) is 5.73 Å². The van der Waals surface area contributed by atoms with Gasteiger partial charge in [-0.05, 0) is 49.6 Å². The predicted molar refractivity (Wildman–Crippen MR) is 75.5 cm³/mol. The summed E-state index contributed by atoms with van der Waals surface area (Å²) in [5.74, 6) is 0.764. The zero-order valence-electron chi connectivity index (χ0n) is 10.0. The van der Waals surface area contributed by atoms with Crippen LogP contribution in [0.2, 0.25) is 0 Å². The SMILES string of the molecule is NCCCN1c2ccc(Br)cc2C2CCCC21. The Bertz CT molecular complexity index is 419. The highest BCUT2D eigenvalue weighted by Crippen LogP contribution is 2.49. The van der Waals surface area contributed by atoms with Crippen LogP contribution in [0.1, 0.15) is 37.2 Å². The fourth-order valence-electron chi connectivity index (χ4n) is 3.49. The molecule has 0 saturated heterocycles. The molecule has 3 heteroatoms. The summed E-state index contributed by atoms with van der Waals surface area (Å²) in [5, 5.41) is 0. The van der Waals surface area contributed by atoms with Crippen molar-refractivity contribution in [3.05, 3.63) is 28.2 Å². The van der Waals surface area contributed by atoms with Crippen LogP contribution in [0.15, 0.2) is 22.7 Å². The van der Waals surface area contributed by atoms with E-state index < -0.39 is 0 Å². The lowest BCUT2D eigenvalue weighted by molar-refractivity contribution is 0.581. The van der Waals surface area contributed by atoms with Crippen molar-refractivity contribution in [2.45, 2.75) is 37.6 Å². The van der Waals surface area contributed by atoms with Crippen molar-refractivity contribution < 1.29 is 0 Å². The second-order valence-corrected chi connectivity index (χ2v) is 6.06. The van der Waals surface area contributed by atoms with Crippen molar-refractivity contribution in [3.8, 4) is 0 Å². The van der Waals surface area contributed by atoms with Crippen LogP contribution in [0.5, 0.6) is 0 Å². The van der Waals surface area contributed by atoms with E-state index in [9.17, 15) is 0 Å². The Morgan fingerprint density at radius 3 is 3.06 bits per heavy atom. The number of nitrogens with two attached hydrogens (primary N) is 1. The molecule has 2 atom stereocenters. The lowest BCUT2D eigenvalue weighted by atomic mass is 9.98. The zero-order valence-corrected chi connectivity index (χ0v) is 11.6. The van der Waals surface area contributed by atoms with Crippen LogP contribution in [0.25, 0.3) is 0 Å². The van der Waals surface area contributed by atoms with E-state index in [1.165, 1.54) is 29.4 Å². The van der Waals surface area contributed by atoms with E-state index in [0.717, 1.165) is 31.5 Å². The van der Waals surface area contributed by atoms with Gasteiger partial charge in [-0.2, -0.15) is 0 Å². The molecule has 2 aliphatic rings. The summed E-state index contributed by atoms with van der Waals surface area (Å²) in [7, 11) is 0. The number of anilines is 1. The molecule has 0 amide bonds. The predicted octanol–water partition coefficient (Wildman–Crippen LogP) is 3.25. The van der Waals surface area contributed by atoms with Gasteiger partial charge in [-0.1, -0.05) is 22.4 Å². The molecule has 92 valence electrons. The Morgan fingerprint density at radius 2 is 2.24 bits per heavy atom. The van der Waals surface area contributed by atoms with Gasteiger partial charge in [-0.3, -0.25) is 0 Å². The molecule has 1 saturated carbocycles. The first-order valence-corrected chi connectivity index (χ1v) is 7.36. The minimum atomic E-state index is 0.742. The normalized spacial score (nSPS) is 26.1. The highest BCUT2D eigenvalue weighted by atomic mass is 79.9. The molecule has 0 aromatic heterocycles. The van der Waals surface area contributed by atoms with E-state index in [0.29, 0.717) is 0 Å². The van der Waals surface area contributed by atoms with Gasteiger partial charge in [0.2, 0.25) is 0 Å². The van der Waals surface area contributed by atoms with Crippen molar-refractivity contribution in [2.75, 3.05) is 18.0 Å². The maximum atomic E-state index is 5.65. The van der Waals surface area contributed by atoms with Crippen molar-refractivity contribution in [1.29, 1.82) is 0 Å². The number of hydrogen-bond acceptors (Lipinski definition) is 2. The summed E-state index contributed by atoms with van der Waals surface area (Å²) >= 11 is 3.60. The number of nitrogens with zero attached hydrogens (tertiary/aromatic N) is 1. The van der Waals surface area contributed by atoms with Crippen LogP contribution in [0.3, 0.4) is 0 Å². The maximum absolute atomic E-state index is 5.65. The van der Waals surface area contributed by atoms with Gasteiger partial charge in [0.15, 0.2) is 0 Å². The van der Waals surface area contributed by atoms with E-state index in [4.69, 9.17) is 5.73 Å². The number of benzene rings is 1. The summed E-state index contributed by atoms with van der Waals surface area (Å²) in [6, 6.07) is 7.50. The van der Waals surface area contributed by atoms with Crippen molar-refractivity contribution in [3.63, 3.8) is 0 Å². The molecule has 1 heterocycles. The third-order valence-electron chi connectivity index (χ3n) is 4.18. The molecule has 2 nitrogen and oxygen atoms in total. The zero-order chi connectivity index (χ0) is 11.8. The topological polar surface area (TPSA) is 29.3 Å². The summed E-state index contributed by atoms with van der Waals surface area (Å²) in [4.78, 5) is 2.60. The molecular formula is C14H19BrN2. The first kappa shape index (κ1) is 11.5. The number of rotatable bonds is 3. The quantitative estimate of drug-likeness (QED) is 0.927. The number of halogens is 1. The van der Waals surface area contributed by atoms with Crippen LogP contribution in [0, 0.1) is 0 Å². The number of fused-ring (bicyclic) bond motifs is 3. The van der Waals surface area contributed by atoms with Crippen LogP contribution < -0.4 is 10.6 Å². The van der Waals surface area contributed by atoms with Crippen molar-refractivity contribution >= 4 is 21.6 Å². The van der Waals surface area contributed by atoms with E-state index in [-0.39, 0.29) is 0 Å². The Morgan fingerprint density at radius 1 is 1.35 bits per heavy atom. The van der Waals surface area contributed by atoms with Crippen molar-refractivity contribution in [1.82, 2.24) is 0 Å². The van der Waals surface area contributed by atoms with Gasteiger partial charge in [0.05, 0.1) is 0 Å². The average molecular weight is 295 g/mol. The van der Waals surface area contributed by atoms with Crippen LogP contribution in [0.4, 0.5) is 5.69 Å². The minimum Gasteiger partial charge on any atom is -0.368 e. The summed E-state index contributed by atoms with van der Waals surface area (Å²) in [6.07, 6.45) is 5.17. The molecule has 0 bridgehead atoms. The monoisotopic (exact) mass is 294 g/mol. The fraction of sp³-hybridized carbons (Fsp3) is 0.571. The molecule has 17 heavy (non-hydrogen) atoms. The Balaban J connectivity index is 1.95. The van der Waals surface area contributed by atoms with Gasteiger partial charge < -0.3 is 10.6 Å². The molecular weight excluding hydrogens is 276 g/mol. The van der Waals surface area contributed by atoms with Crippen LogP contribution >= 0.6 is 15.9 Å². The van der Waals surface area contributed by atoms with Gasteiger partial charge in [0, 0.05) is 28.7 Å². The Labute approximate surface area is 111 Å².